The van der Waals surface area contributed by atoms with Crippen molar-refractivity contribution in [2.24, 2.45) is 5.92 Å². The average molecular weight is 233 g/mol. The number of ether oxygens (including phenoxy) is 2. The van der Waals surface area contributed by atoms with Gasteiger partial charge in [0.05, 0.1) is 6.61 Å². The maximum absolute atomic E-state index is 5.79. The Morgan fingerprint density at radius 1 is 1.06 bits per heavy atom. The molecule has 0 saturated carbocycles. The minimum absolute atomic E-state index is 0.0254. The number of rotatable bonds is 1. The number of hydrogen-bond acceptors (Lipinski definition) is 3. The van der Waals surface area contributed by atoms with E-state index in [-0.39, 0.29) is 6.29 Å². The molecule has 2 heterocycles. The second-order valence-corrected chi connectivity index (χ2v) is 4.79. The maximum Gasteiger partial charge on any atom is 0.162 e. The lowest BCUT2D eigenvalue weighted by Crippen LogP contribution is -2.36. The van der Waals surface area contributed by atoms with Crippen LogP contribution in [0.4, 0.5) is 5.69 Å². The Kier molecular flexibility index (Phi) is 3.29. The largest absolute Gasteiger partial charge is 0.369 e. The first kappa shape index (κ1) is 11.1. The van der Waals surface area contributed by atoms with Gasteiger partial charge >= 0.3 is 0 Å². The highest BCUT2D eigenvalue weighted by atomic mass is 16.7. The molecule has 2 saturated heterocycles. The van der Waals surface area contributed by atoms with Crippen LogP contribution in [0.3, 0.4) is 0 Å². The summed E-state index contributed by atoms with van der Waals surface area (Å²) in [4.78, 5) is 2.42. The summed E-state index contributed by atoms with van der Waals surface area (Å²) >= 11 is 0. The van der Waals surface area contributed by atoms with Crippen LogP contribution in [-0.4, -0.2) is 32.6 Å². The molecule has 2 aliphatic rings. The quantitative estimate of drug-likeness (QED) is 0.742. The number of fused-ring (bicyclic) bond motifs is 1. The highest BCUT2D eigenvalue weighted by Crippen LogP contribution is 2.27. The van der Waals surface area contributed by atoms with Gasteiger partial charge in [0.25, 0.3) is 0 Å². The zero-order valence-electron chi connectivity index (χ0n) is 10.0. The van der Waals surface area contributed by atoms with Crippen LogP contribution in [-0.2, 0) is 9.47 Å². The first-order valence-electron chi connectivity index (χ1n) is 6.47. The Morgan fingerprint density at radius 3 is 2.76 bits per heavy atom. The summed E-state index contributed by atoms with van der Waals surface area (Å²) in [5, 5.41) is 0. The van der Waals surface area contributed by atoms with Gasteiger partial charge in [-0.25, -0.2) is 0 Å². The van der Waals surface area contributed by atoms with Gasteiger partial charge in [-0.3, -0.25) is 0 Å². The van der Waals surface area contributed by atoms with Crippen molar-refractivity contribution in [3.05, 3.63) is 30.3 Å². The van der Waals surface area contributed by atoms with Gasteiger partial charge in [0.1, 0.15) is 0 Å². The molecule has 2 aliphatic heterocycles. The fourth-order valence-electron chi connectivity index (χ4n) is 2.71. The molecule has 0 bridgehead atoms. The van der Waals surface area contributed by atoms with E-state index in [1.165, 1.54) is 12.1 Å². The minimum atomic E-state index is 0.0254. The highest BCUT2D eigenvalue weighted by molar-refractivity contribution is 5.46. The van der Waals surface area contributed by atoms with E-state index in [2.05, 4.69) is 35.2 Å². The number of benzene rings is 1. The van der Waals surface area contributed by atoms with Crippen LogP contribution in [0, 0.1) is 5.92 Å². The van der Waals surface area contributed by atoms with Gasteiger partial charge in [0, 0.05) is 31.3 Å². The summed E-state index contributed by atoms with van der Waals surface area (Å²) in [5.41, 5.74) is 1.29. The van der Waals surface area contributed by atoms with Gasteiger partial charge in [-0.2, -0.15) is 0 Å². The molecular weight excluding hydrogens is 214 g/mol. The van der Waals surface area contributed by atoms with E-state index in [9.17, 15) is 0 Å². The van der Waals surface area contributed by atoms with E-state index >= 15 is 0 Å². The summed E-state index contributed by atoms with van der Waals surface area (Å²) in [6, 6.07) is 10.6. The predicted octanol–water partition coefficient (Wildman–Crippen LogP) is 2.28. The standard InChI is InChI=1S/C14H19NO2/c1-2-6-13(7-3-1)15-8-10-17-14-12(11-15)5-4-9-16-14/h1-3,6-7,12,14H,4-5,8-11H2/t12-,14-/m0/s1. The molecular formula is C14H19NO2. The molecule has 2 atom stereocenters. The lowest BCUT2D eigenvalue weighted by Gasteiger charge is -2.31. The minimum Gasteiger partial charge on any atom is -0.369 e. The van der Waals surface area contributed by atoms with Gasteiger partial charge in [0.15, 0.2) is 6.29 Å². The molecule has 0 N–H and O–H groups in total. The second-order valence-electron chi connectivity index (χ2n) is 4.79. The van der Waals surface area contributed by atoms with Gasteiger partial charge in [-0.1, -0.05) is 18.2 Å². The molecule has 17 heavy (non-hydrogen) atoms. The molecule has 1 aromatic carbocycles. The predicted molar refractivity (Wildman–Crippen MR) is 67.1 cm³/mol. The molecule has 0 unspecified atom stereocenters. The Hall–Kier alpha value is -1.06. The monoisotopic (exact) mass is 233 g/mol. The molecule has 0 spiro atoms. The molecule has 0 aromatic heterocycles. The average Bonchev–Trinajstić information content (AvgIpc) is 2.62. The smallest absolute Gasteiger partial charge is 0.162 e. The zero-order chi connectivity index (χ0) is 11.5. The molecule has 3 nitrogen and oxygen atoms in total. The van der Waals surface area contributed by atoms with Gasteiger partial charge in [0.2, 0.25) is 0 Å². The Balaban J connectivity index is 1.74. The molecule has 0 aliphatic carbocycles. The summed E-state index contributed by atoms with van der Waals surface area (Å²) in [5.74, 6) is 0.520. The van der Waals surface area contributed by atoms with Crippen molar-refractivity contribution in [1.82, 2.24) is 0 Å². The van der Waals surface area contributed by atoms with Crippen LogP contribution >= 0.6 is 0 Å². The molecule has 0 radical (unpaired) electrons. The van der Waals surface area contributed by atoms with E-state index in [4.69, 9.17) is 9.47 Å². The van der Waals surface area contributed by atoms with Crippen molar-refractivity contribution in [2.45, 2.75) is 19.1 Å². The van der Waals surface area contributed by atoms with Gasteiger partial charge in [-0.05, 0) is 25.0 Å². The molecule has 3 rings (SSSR count). The number of hydrogen-bond donors (Lipinski definition) is 0. The highest BCUT2D eigenvalue weighted by Gasteiger charge is 2.31. The molecule has 92 valence electrons. The molecule has 2 fully saturated rings. The molecule has 3 heteroatoms. The van der Waals surface area contributed by atoms with E-state index in [1.54, 1.807) is 0 Å². The Bertz CT molecular complexity index is 354. The van der Waals surface area contributed by atoms with Crippen molar-refractivity contribution in [3.63, 3.8) is 0 Å². The first-order valence-corrected chi connectivity index (χ1v) is 6.47. The maximum atomic E-state index is 5.79. The SMILES string of the molecule is c1ccc(N2CCO[C@@H]3OCCC[C@H]3C2)cc1. The summed E-state index contributed by atoms with van der Waals surface area (Å²) in [7, 11) is 0. The molecule has 0 amide bonds. The molecule has 1 aromatic rings. The van der Waals surface area contributed by atoms with Crippen LogP contribution in [0.2, 0.25) is 0 Å². The van der Waals surface area contributed by atoms with E-state index in [0.29, 0.717) is 5.92 Å². The van der Waals surface area contributed by atoms with Crippen LogP contribution < -0.4 is 4.90 Å². The lowest BCUT2D eigenvalue weighted by molar-refractivity contribution is -0.182. The Labute approximate surface area is 102 Å². The van der Waals surface area contributed by atoms with Crippen LogP contribution in [0.25, 0.3) is 0 Å². The van der Waals surface area contributed by atoms with E-state index in [1.807, 2.05) is 0 Å². The van der Waals surface area contributed by atoms with E-state index in [0.717, 1.165) is 32.7 Å². The first-order chi connectivity index (χ1) is 8.43. The number of para-hydroxylation sites is 1. The second kappa shape index (κ2) is 5.07. The van der Waals surface area contributed by atoms with Gasteiger partial charge < -0.3 is 14.4 Å². The third-order valence-corrected chi connectivity index (χ3v) is 3.61. The summed E-state index contributed by atoms with van der Waals surface area (Å²) in [6.45, 7) is 3.62. The van der Waals surface area contributed by atoms with Crippen molar-refractivity contribution in [2.75, 3.05) is 31.2 Å². The summed E-state index contributed by atoms with van der Waals surface area (Å²) in [6.07, 6.45) is 2.40. The normalized spacial score (nSPS) is 29.5. The fraction of sp³-hybridized carbons (Fsp3) is 0.571. The third kappa shape index (κ3) is 2.45. The van der Waals surface area contributed by atoms with Crippen molar-refractivity contribution < 1.29 is 9.47 Å². The van der Waals surface area contributed by atoms with Crippen LogP contribution in [0.5, 0.6) is 0 Å². The van der Waals surface area contributed by atoms with Crippen LogP contribution in [0.15, 0.2) is 30.3 Å². The third-order valence-electron chi connectivity index (χ3n) is 3.61. The number of nitrogens with zero attached hydrogens (tertiary/aromatic N) is 1. The van der Waals surface area contributed by atoms with Crippen molar-refractivity contribution in [3.8, 4) is 0 Å². The Morgan fingerprint density at radius 2 is 1.88 bits per heavy atom. The topological polar surface area (TPSA) is 21.7 Å². The van der Waals surface area contributed by atoms with Crippen LogP contribution in [0.1, 0.15) is 12.8 Å². The lowest BCUT2D eigenvalue weighted by atomic mass is 10.00. The van der Waals surface area contributed by atoms with Gasteiger partial charge in [-0.15, -0.1) is 0 Å². The summed E-state index contributed by atoms with van der Waals surface area (Å²) < 4.78 is 11.5. The fourth-order valence-corrected chi connectivity index (χ4v) is 2.71. The number of anilines is 1. The van der Waals surface area contributed by atoms with E-state index < -0.39 is 0 Å². The van der Waals surface area contributed by atoms with Crippen molar-refractivity contribution in [1.29, 1.82) is 0 Å². The zero-order valence-corrected chi connectivity index (χ0v) is 10.0. The van der Waals surface area contributed by atoms with Crippen molar-refractivity contribution >= 4 is 5.69 Å².